The summed E-state index contributed by atoms with van der Waals surface area (Å²) in [7, 11) is 2.97. The Morgan fingerprint density at radius 2 is 1.75 bits per heavy atom. The normalized spacial score (nSPS) is 10.6. The van der Waals surface area contributed by atoms with Gasteiger partial charge in [0.15, 0.2) is 11.5 Å². The molecular formula is C23H20ClN3O5. The van der Waals surface area contributed by atoms with Crippen molar-refractivity contribution in [2.45, 2.75) is 0 Å². The summed E-state index contributed by atoms with van der Waals surface area (Å²) in [5.74, 6) is -0.0636. The molecule has 0 aliphatic heterocycles. The molecule has 32 heavy (non-hydrogen) atoms. The van der Waals surface area contributed by atoms with Crippen LogP contribution in [0.3, 0.4) is 0 Å². The lowest BCUT2D eigenvalue weighted by Gasteiger charge is -2.12. The van der Waals surface area contributed by atoms with E-state index in [4.69, 9.17) is 21.1 Å². The predicted octanol–water partition coefficient (Wildman–Crippen LogP) is 4.08. The average molecular weight is 454 g/mol. The van der Waals surface area contributed by atoms with Crippen LogP contribution >= 0.6 is 11.6 Å². The first-order valence-corrected chi connectivity index (χ1v) is 9.74. The maximum absolute atomic E-state index is 12.8. The van der Waals surface area contributed by atoms with Gasteiger partial charge in [-0.15, -0.1) is 0 Å². The number of anilines is 1. The number of nitrogens with one attached hydrogen (secondary N) is 2. The van der Waals surface area contributed by atoms with Crippen LogP contribution in [-0.4, -0.2) is 37.4 Å². The van der Waals surface area contributed by atoms with Crippen molar-refractivity contribution in [1.82, 2.24) is 5.43 Å². The van der Waals surface area contributed by atoms with Crippen LogP contribution in [0.25, 0.3) is 0 Å². The molecule has 3 aromatic rings. The summed E-state index contributed by atoms with van der Waals surface area (Å²) < 4.78 is 10.4. The fourth-order valence-electron chi connectivity index (χ4n) is 2.82. The zero-order valence-electron chi connectivity index (χ0n) is 17.3. The van der Waals surface area contributed by atoms with E-state index in [1.54, 1.807) is 24.3 Å². The smallest absolute Gasteiger partial charge is 0.273 e. The molecular weight excluding hydrogens is 434 g/mol. The van der Waals surface area contributed by atoms with E-state index >= 15 is 0 Å². The minimum Gasteiger partial charge on any atom is -0.508 e. The maximum atomic E-state index is 12.8. The lowest BCUT2D eigenvalue weighted by Crippen LogP contribution is -2.21. The molecule has 0 spiro atoms. The van der Waals surface area contributed by atoms with Crippen molar-refractivity contribution in [3.05, 3.63) is 82.4 Å². The third kappa shape index (κ3) is 5.55. The van der Waals surface area contributed by atoms with Gasteiger partial charge in [-0.25, -0.2) is 5.43 Å². The fraction of sp³-hybridized carbons (Fsp3) is 0.0870. The van der Waals surface area contributed by atoms with Gasteiger partial charge in [-0.2, -0.15) is 5.10 Å². The Hall–Kier alpha value is -4.04. The number of nitrogens with zero attached hydrogens (tertiary/aromatic N) is 1. The van der Waals surface area contributed by atoms with Crippen molar-refractivity contribution in [2.24, 2.45) is 5.10 Å². The molecule has 0 aliphatic carbocycles. The van der Waals surface area contributed by atoms with Crippen molar-refractivity contribution in [1.29, 1.82) is 0 Å². The summed E-state index contributed by atoms with van der Waals surface area (Å²) in [6.45, 7) is 0. The van der Waals surface area contributed by atoms with Gasteiger partial charge >= 0.3 is 0 Å². The Morgan fingerprint density at radius 3 is 2.47 bits per heavy atom. The van der Waals surface area contributed by atoms with Crippen molar-refractivity contribution in [3.8, 4) is 17.2 Å². The Bertz CT molecular complexity index is 1180. The predicted molar refractivity (Wildman–Crippen MR) is 122 cm³/mol. The molecule has 3 N–H and O–H groups in total. The number of methoxy groups -OCH3 is 2. The molecule has 164 valence electrons. The van der Waals surface area contributed by atoms with E-state index in [1.807, 2.05) is 0 Å². The fourth-order valence-corrected chi connectivity index (χ4v) is 2.99. The zero-order chi connectivity index (χ0) is 23.1. The van der Waals surface area contributed by atoms with E-state index in [1.165, 1.54) is 56.8 Å². The first kappa shape index (κ1) is 22.6. The molecule has 0 saturated heterocycles. The number of carbonyl (C=O) groups excluding carboxylic acids is 2. The standard InChI is InChI=1S/C23H20ClN3O5/c1-31-20-9-6-15(11-21(20)32-2)22(29)26-19-12-16(24)7-8-18(19)23(30)27-25-13-14-4-3-5-17(28)10-14/h3-13,28H,1-2H3,(H,26,29)(H,27,30). The van der Waals surface area contributed by atoms with E-state index in [-0.39, 0.29) is 17.0 Å². The highest BCUT2D eigenvalue weighted by atomic mass is 35.5. The highest BCUT2D eigenvalue weighted by Crippen LogP contribution is 2.28. The molecule has 0 heterocycles. The van der Waals surface area contributed by atoms with Crippen LogP contribution in [0, 0.1) is 0 Å². The second-order valence-corrected chi connectivity index (χ2v) is 6.94. The van der Waals surface area contributed by atoms with Crippen LogP contribution in [-0.2, 0) is 0 Å². The van der Waals surface area contributed by atoms with Crippen molar-refractivity contribution >= 4 is 35.3 Å². The zero-order valence-corrected chi connectivity index (χ0v) is 18.0. The topological polar surface area (TPSA) is 109 Å². The highest BCUT2D eigenvalue weighted by molar-refractivity contribution is 6.31. The molecule has 2 amide bonds. The lowest BCUT2D eigenvalue weighted by atomic mass is 10.1. The number of carbonyl (C=O) groups is 2. The molecule has 0 radical (unpaired) electrons. The summed E-state index contributed by atoms with van der Waals surface area (Å²) in [6, 6.07) is 15.6. The Labute approximate surface area is 189 Å². The van der Waals surface area contributed by atoms with E-state index < -0.39 is 11.8 Å². The number of phenols is 1. The number of ether oxygens (including phenoxy) is 2. The Morgan fingerprint density at radius 1 is 0.969 bits per heavy atom. The third-order valence-corrected chi connectivity index (χ3v) is 4.61. The van der Waals surface area contributed by atoms with Crippen molar-refractivity contribution < 1.29 is 24.2 Å². The number of hydrazone groups is 1. The number of phenolic OH excluding ortho intramolecular Hbond substituents is 1. The summed E-state index contributed by atoms with van der Waals surface area (Å²) >= 11 is 6.06. The van der Waals surface area contributed by atoms with Gasteiger partial charge < -0.3 is 19.9 Å². The summed E-state index contributed by atoms with van der Waals surface area (Å²) in [4.78, 5) is 25.4. The van der Waals surface area contributed by atoms with E-state index in [9.17, 15) is 14.7 Å². The van der Waals surface area contributed by atoms with E-state index in [0.717, 1.165) is 0 Å². The minimum absolute atomic E-state index is 0.0816. The van der Waals surface area contributed by atoms with Gasteiger partial charge in [-0.3, -0.25) is 9.59 Å². The first-order chi connectivity index (χ1) is 15.4. The van der Waals surface area contributed by atoms with Crippen LogP contribution in [0.2, 0.25) is 5.02 Å². The van der Waals surface area contributed by atoms with Gasteiger partial charge in [-0.1, -0.05) is 23.7 Å². The molecule has 0 bridgehead atoms. The van der Waals surface area contributed by atoms with E-state index in [2.05, 4.69) is 15.8 Å². The average Bonchev–Trinajstić information content (AvgIpc) is 2.78. The molecule has 0 atom stereocenters. The highest BCUT2D eigenvalue weighted by Gasteiger charge is 2.16. The summed E-state index contributed by atoms with van der Waals surface area (Å²) in [5.41, 5.74) is 3.67. The first-order valence-electron chi connectivity index (χ1n) is 9.36. The molecule has 0 saturated carbocycles. The number of benzene rings is 3. The van der Waals surface area contributed by atoms with Crippen LogP contribution in [0.1, 0.15) is 26.3 Å². The Balaban J connectivity index is 1.78. The van der Waals surface area contributed by atoms with Crippen molar-refractivity contribution in [3.63, 3.8) is 0 Å². The lowest BCUT2D eigenvalue weighted by molar-refractivity contribution is 0.0956. The molecule has 0 unspecified atom stereocenters. The molecule has 3 rings (SSSR count). The van der Waals surface area contributed by atoms with Crippen LogP contribution in [0.4, 0.5) is 5.69 Å². The number of aromatic hydroxyl groups is 1. The molecule has 0 fully saturated rings. The van der Waals surface area contributed by atoms with Crippen LogP contribution < -0.4 is 20.2 Å². The van der Waals surface area contributed by atoms with Crippen molar-refractivity contribution in [2.75, 3.05) is 19.5 Å². The van der Waals surface area contributed by atoms with Gasteiger partial charge in [-0.05, 0) is 54.1 Å². The van der Waals surface area contributed by atoms with Gasteiger partial charge in [0.1, 0.15) is 5.75 Å². The van der Waals surface area contributed by atoms with Gasteiger partial charge in [0.2, 0.25) is 0 Å². The Kier molecular flexibility index (Phi) is 7.30. The molecule has 8 nitrogen and oxygen atoms in total. The SMILES string of the molecule is COc1ccc(C(=O)Nc2cc(Cl)ccc2C(=O)NN=Cc2cccc(O)c2)cc1OC. The number of hydrogen-bond donors (Lipinski definition) is 3. The van der Waals surface area contributed by atoms with E-state index in [0.29, 0.717) is 27.6 Å². The molecule has 0 aromatic heterocycles. The second-order valence-electron chi connectivity index (χ2n) is 6.51. The maximum Gasteiger partial charge on any atom is 0.273 e. The summed E-state index contributed by atoms with van der Waals surface area (Å²) in [6.07, 6.45) is 1.38. The third-order valence-electron chi connectivity index (χ3n) is 4.37. The van der Waals surface area contributed by atoms with Crippen LogP contribution in [0.15, 0.2) is 65.8 Å². The number of halogens is 1. The number of rotatable bonds is 7. The molecule has 9 heteroatoms. The quantitative estimate of drug-likeness (QED) is 0.369. The number of hydrogen-bond acceptors (Lipinski definition) is 6. The molecule has 3 aromatic carbocycles. The molecule has 0 aliphatic rings. The van der Waals surface area contributed by atoms with Crippen LogP contribution in [0.5, 0.6) is 17.2 Å². The second kappa shape index (κ2) is 10.3. The summed E-state index contributed by atoms with van der Waals surface area (Å²) in [5, 5.41) is 16.4. The van der Waals surface area contributed by atoms with Gasteiger partial charge in [0.05, 0.1) is 31.7 Å². The number of amides is 2. The monoisotopic (exact) mass is 453 g/mol. The minimum atomic E-state index is -0.555. The largest absolute Gasteiger partial charge is 0.508 e. The van der Waals surface area contributed by atoms with Gasteiger partial charge in [0, 0.05) is 10.6 Å². The van der Waals surface area contributed by atoms with Gasteiger partial charge in [0.25, 0.3) is 11.8 Å².